The van der Waals surface area contributed by atoms with Gasteiger partial charge in [0.25, 0.3) is 0 Å². The molecule has 34 heavy (non-hydrogen) atoms. The second kappa shape index (κ2) is 9.79. The second-order valence-electron chi connectivity index (χ2n) is 8.71. The number of nitrogens with zero attached hydrogens (tertiary/aromatic N) is 3. The zero-order chi connectivity index (χ0) is 23.7. The van der Waals surface area contributed by atoms with Gasteiger partial charge in [-0.3, -0.25) is 14.5 Å². The van der Waals surface area contributed by atoms with Crippen molar-refractivity contribution in [1.29, 1.82) is 0 Å². The molecule has 2 aromatic carbocycles. The van der Waals surface area contributed by atoms with E-state index in [9.17, 15) is 14.7 Å². The molecule has 0 radical (unpaired) electrons. The summed E-state index contributed by atoms with van der Waals surface area (Å²) in [6.45, 7) is 2.08. The number of aromatic nitrogens is 2. The summed E-state index contributed by atoms with van der Waals surface area (Å²) in [5, 5.41) is 12.9. The van der Waals surface area contributed by atoms with Gasteiger partial charge in [0.1, 0.15) is 5.01 Å². The van der Waals surface area contributed by atoms with Crippen LogP contribution in [-0.4, -0.2) is 63.6 Å². The number of likely N-dealkylation sites (tertiary alicyclic amines) is 1. The molecule has 0 saturated carbocycles. The number of H-pyrrole nitrogens is 1. The lowest BCUT2D eigenvalue weighted by molar-refractivity contribution is -0.131. The van der Waals surface area contributed by atoms with Crippen LogP contribution in [0.4, 0.5) is 0 Å². The van der Waals surface area contributed by atoms with E-state index in [1.54, 1.807) is 17.5 Å². The smallest absolute Gasteiger partial charge is 0.305 e. The fourth-order valence-electron chi connectivity index (χ4n) is 4.50. The molecule has 1 fully saturated rings. The van der Waals surface area contributed by atoms with Gasteiger partial charge in [-0.05, 0) is 35.7 Å². The molecule has 0 bridgehead atoms. The van der Waals surface area contributed by atoms with Crippen molar-refractivity contribution < 1.29 is 9.90 Å². The fourth-order valence-corrected chi connectivity index (χ4v) is 5.85. The molecule has 2 atom stereocenters. The van der Waals surface area contributed by atoms with E-state index in [4.69, 9.17) is 0 Å². The van der Waals surface area contributed by atoms with Gasteiger partial charge in [-0.2, -0.15) is 0 Å². The Labute approximate surface area is 205 Å². The van der Waals surface area contributed by atoms with Crippen LogP contribution in [-0.2, 0) is 11.2 Å². The standard InChI is InChI=1S/C25H26N4O3S2/c1-28(23(31)12-16-5-6-22-20(11-16)27-25(32)34-22)21(15-29-9-7-19(30)14-29)17-3-2-4-18(13-17)24-26-8-10-33-24/h2-6,8,10-11,13,19,21,30H,7,9,12,14-15H2,1H3,(H,27,32)/t19-,21?/m0/s1. The Kier molecular flexibility index (Phi) is 6.60. The number of aliphatic hydroxyl groups excluding tert-OH is 1. The van der Waals surface area contributed by atoms with Crippen molar-refractivity contribution >= 4 is 38.8 Å². The van der Waals surface area contributed by atoms with E-state index < -0.39 is 0 Å². The van der Waals surface area contributed by atoms with E-state index in [0.717, 1.165) is 44.9 Å². The molecule has 2 aromatic heterocycles. The van der Waals surface area contributed by atoms with Crippen molar-refractivity contribution in [2.75, 3.05) is 26.7 Å². The molecule has 0 spiro atoms. The number of carbonyl (C=O) groups is 1. The predicted molar refractivity (Wildman–Crippen MR) is 136 cm³/mol. The first-order chi connectivity index (χ1) is 16.5. The molecule has 0 aliphatic carbocycles. The van der Waals surface area contributed by atoms with Crippen molar-refractivity contribution in [3.8, 4) is 10.6 Å². The molecule has 3 heterocycles. The Morgan fingerprint density at radius 3 is 2.97 bits per heavy atom. The van der Waals surface area contributed by atoms with Crippen LogP contribution in [0.5, 0.6) is 0 Å². The number of rotatable bonds is 7. The Morgan fingerprint density at radius 1 is 1.32 bits per heavy atom. The van der Waals surface area contributed by atoms with Crippen LogP contribution < -0.4 is 4.87 Å². The maximum atomic E-state index is 13.4. The first-order valence-corrected chi connectivity index (χ1v) is 12.9. The summed E-state index contributed by atoms with van der Waals surface area (Å²) < 4.78 is 0.888. The fraction of sp³-hybridized carbons (Fsp3) is 0.320. The Morgan fingerprint density at radius 2 is 2.21 bits per heavy atom. The average Bonchev–Trinajstić information content (AvgIpc) is 3.57. The highest BCUT2D eigenvalue weighted by atomic mass is 32.1. The highest BCUT2D eigenvalue weighted by Crippen LogP contribution is 2.29. The maximum absolute atomic E-state index is 13.4. The number of fused-ring (bicyclic) bond motifs is 1. The van der Waals surface area contributed by atoms with Gasteiger partial charge >= 0.3 is 4.87 Å². The highest BCUT2D eigenvalue weighted by Gasteiger charge is 2.28. The molecule has 7 nitrogen and oxygen atoms in total. The van der Waals surface area contributed by atoms with Crippen molar-refractivity contribution in [3.05, 3.63) is 74.8 Å². The van der Waals surface area contributed by atoms with Crippen LogP contribution in [0.2, 0.25) is 0 Å². The summed E-state index contributed by atoms with van der Waals surface area (Å²) in [5.41, 5.74) is 3.71. The van der Waals surface area contributed by atoms with Gasteiger partial charge in [0.05, 0.1) is 28.8 Å². The molecule has 1 amide bonds. The Balaban J connectivity index is 1.41. The molecule has 1 unspecified atom stereocenters. The van der Waals surface area contributed by atoms with E-state index in [1.807, 2.05) is 47.7 Å². The number of aromatic amines is 1. The lowest BCUT2D eigenvalue weighted by atomic mass is 10.0. The monoisotopic (exact) mass is 494 g/mol. The van der Waals surface area contributed by atoms with Gasteiger partial charge in [-0.25, -0.2) is 4.98 Å². The lowest BCUT2D eigenvalue weighted by Gasteiger charge is -2.32. The molecular formula is C25H26N4O3S2. The van der Waals surface area contributed by atoms with Crippen molar-refractivity contribution in [2.45, 2.75) is 25.0 Å². The molecule has 1 aliphatic heterocycles. The van der Waals surface area contributed by atoms with E-state index in [0.29, 0.717) is 13.1 Å². The van der Waals surface area contributed by atoms with E-state index in [2.05, 4.69) is 27.0 Å². The second-order valence-corrected chi connectivity index (χ2v) is 10.6. The van der Waals surface area contributed by atoms with Crippen LogP contribution in [0.15, 0.2) is 58.8 Å². The minimum absolute atomic E-state index is 0.00123. The van der Waals surface area contributed by atoms with Crippen LogP contribution in [0.3, 0.4) is 0 Å². The number of benzene rings is 2. The van der Waals surface area contributed by atoms with E-state index in [1.165, 1.54) is 11.3 Å². The van der Waals surface area contributed by atoms with Gasteiger partial charge in [0.15, 0.2) is 0 Å². The van der Waals surface area contributed by atoms with Gasteiger partial charge in [0, 0.05) is 43.8 Å². The van der Waals surface area contributed by atoms with Gasteiger partial charge in [-0.1, -0.05) is 35.6 Å². The third-order valence-corrected chi connectivity index (χ3v) is 8.01. The number of aliphatic hydroxyl groups is 1. The molecule has 5 rings (SSSR count). The van der Waals surface area contributed by atoms with Crippen molar-refractivity contribution in [1.82, 2.24) is 19.8 Å². The number of hydrogen-bond acceptors (Lipinski definition) is 7. The summed E-state index contributed by atoms with van der Waals surface area (Å²) in [5.74, 6) is 0.00123. The number of hydrogen-bond donors (Lipinski definition) is 2. The third-order valence-electron chi connectivity index (χ3n) is 6.33. The van der Waals surface area contributed by atoms with E-state index >= 15 is 0 Å². The summed E-state index contributed by atoms with van der Waals surface area (Å²) in [4.78, 5) is 36.2. The van der Waals surface area contributed by atoms with Crippen LogP contribution in [0, 0.1) is 0 Å². The first-order valence-electron chi connectivity index (χ1n) is 11.2. The summed E-state index contributed by atoms with van der Waals surface area (Å²) in [6, 6.07) is 13.7. The molecular weight excluding hydrogens is 468 g/mol. The minimum atomic E-state index is -0.317. The maximum Gasteiger partial charge on any atom is 0.305 e. The topological polar surface area (TPSA) is 89.5 Å². The predicted octanol–water partition coefficient (Wildman–Crippen LogP) is 3.52. The molecule has 2 N–H and O–H groups in total. The Bertz CT molecular complexity index is 1350. The molecule has 1 saturated heterocycles. The number of thiazole rings is 2. The third kappa shape index (κ3) is 4.97. The number of nitrogens with one attached hydrogen (secondary N) is 1. The van der Waals surface area contributed by atoms with E-state index in [-0.39, 0.29) is 29.3 Å². The zero-order valence-corrected chi connectivity index (χ0v) is 20.4. The normalized spacial score (nSPS) is 17.3. The molecule has 9 heteroatoms. The van der Waals surface area contributed by atoms with Gasteiger partial charge < -0.3 is 15.0 Å². The number of carbonyl (C=O) groups excluding carboxylic acids is 1. The average molecular weight is 495 g/mol. The Hall–Kier alpha value is -2.85. The number of β-amino-alcohol motifs (C(OH)–C–C–N with tert-alkyl or cyclic N) is 1. The minimum Gasteiger partial charge on any atom is -0.392 e. The van der Waals surface area contributed by atoms with Crippen LogP contribution >= 0.6 is 22.7 Å². The molecule has 1 aliphatic rings. The lowest BCUT2D eigenvalue weighted by Crippen LogP contribution is -2.39. The highest BCUT2D eigenvalue weighted by molar-refractivity contribution is 7.16. The number of amides is 1. The number of likely N-dealkylation sites (N-methyl/N-ethyl adjacent to an activating group) is 1. The van der Waals surface area contributed by atoms with Crippen LogP contribution in [0.25, 0.3) is 20.8 Å². The summed E-state index contributed by atoms with van der Waals surface area (Å²) >= 11 is 2.76. The van der Waals surface area contributed by atoms with Crippen molar-refractivity contribution in [2.24, 2.45) is 0 Å². The van der Waals surface area contributed by atoms with Gasteiger partial charge in [0.2, 0.25) is 5.91 Å². The largest absolute Gasteiger partial charge is 0.392 e. The first kappa shape index (κ1) is 22.9. The van der Waals surface area contributed by atoms with Crippen molar-refractivity contribution in [3.63, 3.8) is 0 Å². The molecule has 4 aromatic rings. The summed E-state index contributed by atoms with van der Waals surface area (Å²) in [6.07, 6.45) is 2.48. The summed E-state index contributed by atoms with van der Waals surface area (Å²) in [7, 11) is 1.85. The van der Waals surface area contributed by atoms with Crippen LogP contribution in [0.1, 0.15) is 23.6 Å². The SMILES string of the molecule is CN(C(=O)Cc1ccc2sc(=O)[nH]c2c1)C(CN1CC[C@H](O)C1)c1cccc(-c2nccs2)c1. The quantitative estimate of drug-likeness (QED) is 0.410. The zero-order valence-electron chi connectivity index (χ0n) is 18.8. The van der Waals surface area contributed by atoms with Gasteiger partial charge in [-0.15, -0.1) is 11.3 Å². The molecule has 176 valence electrons.